The molecule has 36 heavy (non-hydrogen) atoms. The maximum Gasteiger partial charge on any atom is 0.227 e. The standard InChI is InChI=1S/C29H31N3O4/c1-3-21(2)29(34)32-14-12-31(13-15-32)18-25-16-27(33)28(20-35-25)36-19-22-8-10-23(11-9-22)26-7-5-4-6-24(26)17-30/h4-11,16,20-21H,3,12-15,18-19H2,1-2H3. The highest BCUT2D eigenvalue weighted by atomic mass is 16.5. The van der Waals surface area contributed by atoms with Gasteiger partial charge in [0, 0.05) is 38.2 Å². The Balaban J connectivity index is 1.30. The predicted molar refractivity (Wildman–Crippen MR) is 137 cm³/mol. The number of ether oxygens (including phenoxy) is 1. The lowest BCUT2D eigenvalue weighted by Crippen LogP contribution is -2.49. The quantitative estimate of drug-likeness (QED) is 0.469. The first-order chi connectivity index (χ1) is 17.5. The fourth-order valence-corrected chi connectivity index (χ4v) is 4.23. The van der Waals surface area contributed by atoms with E-state index in [4.69, 9.17) is 9.15 Å². The molecule has 0 aliphatic carbocycles. The van der Waals surface area contributed by atoms with Crippen LogP contribution in [0.3, 0.4) is 0 Å². The second-order valence-electron chi connectivity index (χ2n) is 9.13. The first kappa shape index (κ1) is 25.2. The maximum absolute atomic E-state index is 12.6. The summed E-state index contributed by atoms with van der Waals surface area (Å²) in [6, 6.07) is 18.9. The van der Waals surface area contributed by atoms with Gasteiger partial charge in [-0.2, -0.15) is 5.26 Å². The molecule has 1 aliphatic heterocycles. The van der Waals surface area contributed by atoms with E-state index < -0.39 is 0 Å². The number of nitriles is 1. The lowest BCUT2D eigenvalue weighted by atomic mass is 9.99. The Morgan fingerprint density at radius 2 is 1.83 bits per heavy atom. The van der Waals surface area contributed by atoms with E-state index in [-0.39, 0.29) is 29.6 Å². The van der Waals surface area contributed by atoms with E-state index in [1.165, 1.54) is 12.3 Å². The van der Waals surface area contributed by atoms with Crippen molar-refractivity contribution in [1.82, 2.24) is 9.80 Å². The maximum atomic E-state index is 12.6. The van der Waals surface area contributed by atoms with E-state index in [9.17, 15) is 14.9 Å². The summed E-state index contributed by atoms with van der Waals surface area (Å²) in [7, 11) is 0. The minimum atomic E-state index is -0.221. The molecule has 3 aromatic rings. The van der Waals surface area contributed by atoms with Crippen LogP contribution >= 0.6 is 0 Å². The number of amides is 1. The van der Waals surface area contributed by atoms with E-state index in [0.29, 0.717) is 31.0 Å². The van der Waals surface area contributed by atoms with Gasteiger partial charge in [-0.25, -0.2) is 0 Å². The molecule has 1 aromatic heterocycles. The fraction of sp³-hybridized carbons (Fsp3) is 0.345. The van der Waals surface area contributed by atoms with Crippen molar-refractivity contribution in [1.29, 1.82) is 5.26 Å². The number of hydrogen-bond donors (Lipinski definition) is 0. The molecule has 1 fully saturated rings. The highest BCUT2D eigenvalue weighted by Crippen LogP contribution is 2.24. The lowest BCUT2D eigenvalue weighted by Gasteiger charge is -2.35. The zero-order valence-electron chi connectivity index (χ0n) is 20.8. The van der Waals surface area contributed by atoms with E-state index in [0.717, 1.165) is 36.2 Å². The molecule has 1 saturated heterocycles. The number of piperazine rings is 1. The SMILES string of the molecule is CCC(C)C(=O)N1CCN(Cc2cc(=O)c(OCc3ccc(-c4ccccc4C#N)cc3)co2)CC1. The van der Waals surface area contributed by atoms with Crippen molar-refractivity contribution in [3.63, 3.8) is 0 Å². The van der Waals surface area contributed by atoms with E-state index >= 15 is 0 Å². The van der Waals surface area contributed by atoms with Crippen molar-refractivity contribution in [2.75, 3.05) is 26.2 Å². The molecule has 7 nitrogen and oxygen atoms in total. The molecule has 186 valence electrons. The summed E-state index contributed by atoms with van der Waals surface area (Å²) in [4.78, 5) is 29.1. The third-order valence-corrected chi connectivity index (χ3v) is 6.66. The van der Waals surface area contributed by atoms with Gasteiger partial charge in [0.2, 0.25) is 17.1 Å². The van der Waals surface area contributed by atoms with Crippen LogP contribution in [-0.4, -0.2) is 41.9 Å². The topological polar surface area (TPSA) is 86.8 Å². The highest BCUT2D eigenvalue weighted by molar-refractivity contribution is 5.78. The summed E-state index contributed by atoms with van der Waals surface area (Å²) < 4.78 is 11.4. The third kappa shape index (κ3) is 6.02. The normalized spacial score (nSPS) is 14.8. The largest absolute Gasteiger partial charge is 0.482 e. The summed E-state index contributed by atoms with van der Waals surface area (Å²) in [6.45, 7) is 7.63. The highest BCUT2D eigenvalue weighted by Gasteiger charge is 2.24. The van der Waals surface area contributed by atoms with Crippen LogP contribution in [0.1, 0.15) is 37.2 Å². The Morgan fingerprint density at radius 3 is 2.50 bits per heavy atom. The Morgan fingerprint density at radius 1 is 1.11 bits per heavy atom. The number of carbonyl (C=O) groups is 1. The second-order valence-corrected chi connectivity index (χ2v) is 9.13. The average molecular weight is 486 g/mol. The Hall–Kier alpha value is -3.89. The molecule has 0 radical (unpaired) electrons. The molecule has 2 aromatic carbocycles. The summed E-state index contributed by atoms with van der Waals surface area (Å²) in [5.74, 6) is 1.02. The van der Waals surface area contributed by atoms with Gasteiger partial charge in [-0.3, -0.25) is 14.5 Å². The number of rotatable bonds is 8. The van der Waals surface area contributed by atoms with Crippen LogP contribution in [0.15, 0.2) is 70.1 Å². The first-order valence-electron chi connectivity index (χ1n) is 12.3. The molecule has 1 atom stereocenters. The van der Waals surface area contributed by atoms with Crippen LogP contribution in [-0.2, 0) is 17.9 Å². The number of carbonyl (C=O) groups excluding carboxylic acids is 1. The molecule has 4 rings (SSSR count). The van der Waals surface area contributed by atoms with Gasteiger partial charge in [0.15, 0.2) is 0 Å². The van der Waals surface area contributed by atoms with Crippen LogP contribution in [0.25, 0.3) is 11.1 Å². The predicted octanol–water partition coefficient (Wildman–Crippen LogP) is 4.45. The van der Waals surface area contributed by atoms with Crippen molar-refractivity contribution < 1.29 is 13.9 Å². The van der Waals surface area contributed by atoms with E-state index in [1.807, 2.05) is 61.2 Å². The Kier molecular flexibility index (Phi) is 8.19. The van der Waals surface area contributed by atoms with Crippen molar-refractivity contribution in [2.24, 2.45) is 5.92 Å². The van der Waals surface area contributed by atoms with Crippen molar-refractivity contribution in [2.45, 2.75) is 33.4 Å². The molecule has 0 N–H and O–H groups in total. The molecular weight excluding hydrogens is 454 g/mol. The summed E-state index contributed by atoms with van der Waals surface area (Å²) in [5, 5.41) is 9.31. The molecule has 1 unspecified atom stereocenters. The van der Waals surface area contributed by atoms with Gasteiger partial charge in [-0.05, 0) is 29.2 Å². The van der Waals surface area contributed by atoms with Gasteiger partial charge in [-0.15, -0.1) is 0 Å². The average Bonchev–Trinajstić information content (AvgIpc) is 2.92. The van der Waals surface area contributed by atoms with Crippen molar-refractivity contribution in [3.05, 3.63) is 88.0 Å². The molecule has 7 heteroatoms. The number of benzene rings is 2. The minimum absolute atomic E-state index is 0.0559. The van der Waals surface area contributed by atoms with E-state index in [1.54, 1.807) is 6.07 Å². The van der Waals surface area contributed by atoms with Crippen LogP contribution < -0.4 is 10.2 Å². The minimum Gasteiger partial charge on any atom is -0.482 e. The van der Waals surface area contributed by atoms with Gasteiger partial charge >= 0.3 is 0 Å². The second kappa shape index (κ2) is 11.7. The molecule has 1 amide bonds. The van der Waals surface area contributed by atoms with Gasteiger partial charge in [0.1, 0.15) is 18.6 Å². The fourth-order valence-electron chi connectivity index (χ4n) is 4.23. The van der Waals surface area contributed by atoms with Crippen molar-refractivity contribution in [3.8, 4) is 22.9 Å². The Labute approximate surface area is 211 Å². The van der Waals surface area contributed by atoms with E-state index in [2.05, 4.69) is 11.0 Å². The summed E-state index contributed by atoms with van der Waals surface area (Å²) in [6.07, 6.45) is 2.22. The molecule has 1 aliphatic rings. The molecule has 0 spiro atoms. The monoisotopic (exact) mass is 485 g/mol. The zero-order valence-corrected chi connectivity index (χ0v) is 20.8. The summed E-state index contributed by atoms with van der Waals surface area (Å²) in [5.41, 5.74) is 3.14. The number of nitrogens with zero attached hydrogens (tertiary/aromatic N) is 3. The molecule has 0 bridgehead atoms. The zero-order chi connectivity index (χ0) is 25.5. The van der Waals surface area contributed by atoms with Crippen LogP contribution in [0.4, 0.5) is 0 Å². The summed E-state index contributed by atoms with van der Waals surface area (Å²) >= 11 is 0. The van der Waals surface area contributed by atoms with Crippen LogP contribution in [0.5, 0.6) is 5.75 Å². The van der Waals surface area contributed by atoms with Gasteiger partial charge in [0.05, 0.1) is 18.2 Å². The van der Waals surface area contributed by atoms with Gasteiger partial charge in [0.25, 0.3) is 0 Å². The van der Waals surface area contributed by atoms with Crippen molar-refractivity contribution >= 4 is 5.91 Å². The van der Waals surface area contributed by atoms with Crippen LogP contribution in [0.2, 0.25) is 0 Å². The third-order valence-electron chi connectivity index (χ3n) is 6.66. The van der Waals surface area contributed by atoms with Gasteiger partial charge < -0.3 is 14.1 Å². The van der Waals surface area contributed by atoms with Crippen LogP contribution in [0, 0.1) is 17.2 Å². The Bertz CT molecular complexity index is 1280. The smallest absolute Gasteiger partial charge is 0.227 e. The molecular formula is C29H31N3O4. The molecule has 2 heterocycles. The number of hydrogen-bond acceptors (Lipinski definition) is 6. The lowest BCUT2D eigenvalue weighted by molar-refractivity contribution is -0.136. The first-order valence-corrected chi connectivity index (χ1v) is 12.3. The van der Waals surface area contributed by atoms with Gasteiger partial charge in [-0.1, -0.05) is 56.3 Å². The molecule has 0 saturated carbocycles.